The van der Waals surface area contributed by atoms with Crippen LogP contribution >= 0.6 is 0 Å². The predicted molar refractivity (Wildman–Crippen MR) is 77.3 cm³/mol. The highest BCUT2D eigenvalue weighted by molar-refractivity contribution is 5.27. The maximum atomic E-state index is 6.35. The minimum Gasteiger partial charge on any atom is -0.492 e. The third kappa shape index (κ3) is 4.18. The molecule has 0 aliphatic heterocycles. The van der Waals surface area contributed by atoms with E-state index in [-0.39, 0.29) is 11.6 Å². The fraction of sp³-hybridized carbons (Fsp3) is 0.667. The van der Waals surface area contributed by atoms with E-state index in [9.17, 15) is 0 Å². The number of ether oxygens (including phenoxy) is 2. The molecule has 0 amide bonds. The molecule has 2 unspecified atom stereocenters. The molecule has 1 heterocycles. The average molecular weight is 266 g/mol. The molecular weight excluding hydrogens is 240 g/mol. The summed E-state index contributed by atoms with van der Waals surface area (Å²) < 4.78 is 11.4. The van der Waals surface area contributed by atoms with Gasteiger partial charge in [-0.2, -0.15) is 0 Å². The Morgan fingerprint density at radius 2 is 2.05 bits per heavy atom. The topological polar surface area (TPSA) is 57.4 Å². The minimum atomic E-state index is -0.375. The monoisotopic (exact) mass is 266 g/mol. The molecule has 19 heavy (non-hydrogen) atoms. The van der Waals surface area contributed by atoms with E-state index in [1.54, 1.807) is 12.4 Å². The lowest BCUT2D eigenvalue weighted by Crippen LogP contribution is -2.40. The van der Waals surface area contributed by atoms with E-state index < -0.39 is 0 Å². The SMILES string of the molecule is CCCOc1cncc(C(N)C(C)(CC)OCC)c1. The summed E-state index contributed by atoms with van der Waals surface area (Å²) in [5, 5.41) is 0. The van der Waals surface area contributed by atoms with Gasteiger partial charge in [0.25, 0.3) is 0 Å². The van der Waals surface area contributed by atoms with Gasteiger partial charge >= 0.3 is 0 Å². The van der Waals surface area contributed by atoms with E-state index in [4.69, 9.17) is 15.2 Å². The molecule has 0 fully saturated rings. The second-order valence-corrected chi connectivity index (χ2v) is 4.88. The number of aromatic nitrogens is 1. The first-order valence-corrected chi connectivity index (χ1v) is 7.04. The van der Waals surface area contributed by atoms with E-state index in [1.807, 2.05) is 19.9 Å². The molecule has 2 atom stereocenters. The normalized spacial score (nSPS) is 15.8. The Morgan fingerprint density at radius 1 is 1.32 bits per heavy atom. The zero-order valence-electron chi connectivity index (χ0n) is 12.5. The Hall–Kier alpha value is -1.13. The van der Waals surface area contributed by atoms with Crippen LogP contribution in [0.4, 0.5) is 0 Å². The smallest absolute Gasteiger partial charge is 0.137 e. The molecule has 0 saturated carbocycles. The molecule has 0 aromatic carbocycles. The molecule has 1 rings (SSSR count). The Kier molecular flexibility index (Phi) is 6.25. The van der Waals surface area contributed by atoms with Gasteiger partial charge < -0.3 is 15.2 Å². The molecule has 0 bridgehead atoms. The van der Waals surface area contributed by atoms with Crippen molar-refractivity contribution in [1.29, 1.82) is 0 Å². The van der Waals surface area contributed by atoms with Gasteiger partial charge in [-0.05, 0) is 38.3 Å². The third-order valence-corrected chi connectivity index (χ3v) is 3.40. The average Bonchev–Trinajstić information content (AvgIpc) is 2.44. The number of nitrogens with two attached hydrogens (primary N) is 1. The van der Waals surface area contributed by atoms with Crippen molar-refractivity contribution in [1.82, 2.24) is 4.98 Å². The molecule has 0 saturated heterocycles. The lowest BCUT2D eigenvalue weighted by atomic mass is 9.89. The van der Waals surface area contributed by atoms with Crippen LogP contribution in [-0.4, -0.2) is 23.8 Å². The van der Waals surface area contributed by atoms with E-state index in [2.05, 4.69) is 18.8 Å². The van der Waals surface area contributed by atoms with Crippen LogP contribution in [0, 0.1) is 0 Å². The Morgan fingerprint density at radius 3 is 2.63 bits per heavy atom. The van der Waals surface area contributed by atoms with Crippen LogP contribution in [-0.2, 0) is 4.74 Å². The van der Waals surface area contributed by atoms with E-state index in [0.29, 0.717) is 13.2 Å². The van der Waals surface area contributed by atoms with Crippen molar-refractivity contribution in [2.45, 2.75) is 52.2 Å². The van der Waals surface area contributed by atoms with Crippen molar-refractivity contribution in [3.63, 3.8) is 0 Å². The first kappa shape index (κ1) is 15.9. The number of rotatable bonds is 8. The summed E-state index contributed by atoms with van der Waals surface area (Å²) in [6, 6.07) is 1.75. The Bertz CT molecular complexity index is 384. The maximum absolute atomic E-state index is 6.35. The number of nitrogens with zero attached hydrogens (tertiary/aromatic N) is 1. The van der Waals surface area contributed by atoms with Crippen molar-refractivity contribution in [3.05, 3.63) is 24.0 Å². The Balaban J connectivity index is 2.88. The first-order chi connectivity index (χ1) is 9.07. The van der Waals surface area contributed by atoms with E-state index in [1.165, 1.54) is 0 Å². The van der Waals surface area contributed by atoms with Crippen molar-refractivity contribution < 1.29 is 9.47 Å². The summed E-state index contributed by atoms with van der Waals surface area (Å²) in [6.07, 6.45) is 5.33. The molecule has 0 aliphatic rings. The number of hydrogen-bond donors (Lipinski definition) is 1. The van der Waals surface area contributed by atoms with Gasteiger partial charge in [-0.15, -0.1) is 0 Å². The minimum absolute atomic E-state index is 0.213. The molecule has 0 aliphatic carbocycles. The van der Waals surface area contributed by atoms with E-state index >= 15 is 0 Å². The van der Waals surface area contributed by atoms with Gasteiger partial charge in [0.1, 0.15) is 5.75 Å². The lowest BCUT2D eigenvalue weighted by Gasteiger charge is -2.34. The summed E-state index contributed by atoms with van der Waals surface area (Å²) in [7, 11) is 0. The maximum Gasteiger partial charge on any atom is 0.137 e. The predicted octanol–water partition coefficient (Wildman–Crippen LogP) is 3.08. The largest absolute Gasteiger partial charge is 0.492 e. The summed E-state index contributed by atoms with van der Waals surface area (Å²) in [5.41, 5.74) is 6.92. The van der Waals surface area contributed by atoms with Crippen molar-refractivity contribution in [2.24, 2.45) is 5.73 Å². The van der Waals surface area contributed by atoms with Crippen molar-refractivity contribution in [2.75, 3.05) is 13.2 Å². The van der Waals surface area contributed by atoms with Gasteiger partial charge in [-0.25, -0.2) is 0 Å². The molecule has 0 radical (unpaired) electrons. The van der Waals surface area contributed by atoms with Crippen LogP contribution in [0.25, 0.3) is 0 Å². The highest BCUT2D eigenvalue weighted by Gasteiger charge is 2.32. The van der Waals surface area contributed by atoms with Crippen LogP contribution in [0.3, 0.4) is 0 Å². The van der Waals surface area contributed by atoms with Crippen LogP contribution in [0.5, 0.6) is 5.75 Å². The van der Waals surface area contributed by atoms with Gasteiger partial charge in [-0.1, -0.05) is 13.8 Å². The molecule has 4 heteroatoms. The fourth-order valence-corrected chi connectivity index (χ4v) is 2.00. The zero-order valence-corrected chi connectivity index (χ0v) is 12.5. The van der Waals surface area contributed by atoms with Gasteiger partial charge in [0.05, 0.1) is 24.4 Å². The third-order valence-electron chi connectivity index (χ3n) is 3.40. The quantitative estimate of drug-likeness (QED) is 0.785. The van der Waals surface area contributed by atoms with Crippen LogP contribution in [0.2, 0.25) is 0 Å². The molecule has 0 spiro atoms. The summed E-state index contributed by atoms with van der Waals surface area (Å²) >= 11 is 0. The Labute approximate surface area is 116 Å². The van der Waals surface area contributed by atoms with Gasteiger partial charge in [-0.3, -0.25) is 4.98 Å². The van der Waals surface area contributed by atoms with Gasteiger partial charge in [0, 0.05) is 12.8 Å². The summed E-state index contributed by atoms with van der Waals surface area (Å²) in [6.45, 7) is 9.53. The number of pyridine rings is 1. The molecule has 108 valence electrons. The van der Waals surface area contributed by atoms with Gasteiger partial charge in [0.2, 0.25) is 0 Å². The summed E-state index contributed by atoms with van der Waals surface area (Å²) in [4.78, 5) is 4.21. The molecule has 1 aromatic rings. The zero-order chi connectivity index (χ0) is 14.3. The molecular formula is C15H26N2O2. The second kappa shape index (κ2) is 7.46. The summed E-state index contributed by atoms with van der Waals surface area (Å²) in [5.74, 6) is 0.768. The molecule has 4 nitrogen and oxygen atoms in total. The van der Waals surface area contributed by atoms with Crippen LogP contribution in [0.15, 0.2) is 18.5 Å². The number of hydrogen-bond acceptors (Lipinski definition) is 4. The fourth-order valence-electron chi connectivity index (χ4n) is 2.00. The van der Waals surface area contributed by atoms with Crippen molar-refractivity contribution in [3.8, 4) is 5.75 Å². The molecule has 2 N–H and O–H groups in total. The van der Waals surface area contributed by atoms with E-state index in [0.717, 1.165) is 24.2 Å². The van der Waals surface area contributed by atoms with Crippen molar-refractivity contribution >= 4 is 0 Å². The molecule has 1 aromatic heterocycles. The lowest BCUT2D eigenvalue weighted by molar-refractivity contribution is -0.0473. The first-order valence-electron chi connectivity index (χ1n) is 7.04. The standard InChI is InChI=1S/C15H26N2O2/c1-5-8-18-13-9-12(10-17-11-13)14(16)15(4,6-2)19-7-3/h9-11,14H,5-8,16H2,1-4H3. The van der Waals surface area contributed by atoms with Crippen LogP contribution < -0.4 is 10.5 Å². The second-order valence-electron chi connectivity index (χ2n) is 4.88. The van der Waals surface area contributed by atoms with Gasteiger partial charge in [0.15, 0.2) is 0 Å². The highest BCUT2D eigenvalue weighted by atomic mass is 16.5. The highest BCUT2D eigenvalue weighted by Crippen LogP contribution is 2.31. The van der Waals surface area contributed by atoms with Crippen LogP contribution in [0.1, 0.15) is 52.1 Å².